The molecule has 2 heterocycles. The highest BCUT2D eigenvalue weighted by molar-refractivity contribution is 5.31. The smallest absolute Gasteiger partial charge is 0.225 e. The Morgan fingerprint density at radius 2 is 1.84 bits per heavy atom. The van der Waals surface area contributed by atoms with Crippen molar-refractivity contribution in [3.05, 3.63) is 18.0 Å². The molecule has 0 bridgehead atoms. The van der Waals surface area contributed by atoms with E-state index in [1.807, 2.05) is 12.4 Å². The molecule has 1 aliphatic rings. The van der Waals surface area contributed by atoms with Crippen LogP contribution in [0.4, 0.5) is 5.95 Å². The van der Waals surface area contributed by atoms with E-state index in [2.05, 4.69) is 47.9 Å². The van der Waals surface area contributed by atoms with Crippen LogP contribution in [0.1, 0.15) is 33.3 Å². The van der Waals surface area contributed by atoms with Gasteiger partial charge in [0.05, 0.1) is 12.2 Å². The monoisotopic (exact) mass is 264 g/mol. The van der Waals surface area contributed by atoms with E-state index in [1.54, 1.807) is 0 Å². The minimum Gasteiger partial charge on any atom is -0.372 e. The van der Waals surface area contributed by atoms with Crippen LogP contribution in [0.2, 0.25) is 0 Å². The lowest BCUT2D eigenvalue weighted by Crippen LogP contribution is -2.46. The minimum atomic E-state index is 0.231. The summed E-state index contributed by atoms with van der Waals surface area (Å²) >= 11 is 0. The van der Waals surface area contributed by atoms with Gasteiger partial charge in [-0.25, -0.2) is 9.97 Å². The maximum atomic E-state index is 5.72. The van der Waals surface area contributed by atoms with E-state index in [0.29, 0.717) is 6.04 Å². The molecule has 5 nitrogen and oxygen atoms in total. The van der Waals surface area contributed by atoms with E-state index >= 15 is 0 Å². The van der Waals surface area contributed by atoms with E-state index in [0.717, 1.165) is 31.1 Å². The van der Waals surface area contributed by atoms with Crippen molar-refractivity contribution in [3.63, 3.8) is 0 Å². The van der Waals surface area contributed by atoms with Gasteiger partial charge in [-0.3, -0.25) is 0 Å². The molecule has 19 heavy (non-hydrogen) atoms. The third kappa shape index (κ3) is 4.14. The molecular formula is C14H24N4O. The molecule has 1 aromatic heterocycles. The van der Waals surface area contributed by atoms with Gasteiger partial charge in [0.15, 0.2) is 0 Å². The Morgan fingerprint density at radius 1 is 1.26 bits per heavy atom. The fourth-order valence-electron chi connectivity index (χ4n) is 2.27. The summed E-state index contributed by atoms with van der Waals surface area (Å²) in [6, 6.07) is 0.473. The van der Waals surface area contributed by atoms with Gasteiger partial charge in [0.25, 0.3) is 0 Å². The summed E-state index contributed by atoms with van der Waals surface area (Å²) in [6.07, 6.45) is 4.27. The van der Waals surface area contributed by atoms with E-state index in [4.69, 9.17) is 4.74 Å². The van der Waals surface area contributed by atoms with Gasteiger partial charge in [-0.2, -0.15) is 0 Å². The van der Waals surface area contributed by atoms with Gasteiger partial charge in [0.1, 0.15) is 0 Å². The van der Waals surface area contributed by atoms with Crippen molar-refractivity contribution in [1.82, 2.24) is 15.3 Å². The Morgan fingerprint density at radius 3 is 2.37 bits per heavy atom. The molecule has 0 aromatic carbocycles. The third-order valence-electron chi connectivity index (χ3n) is 3.11. The molecule has 0 unspecified atom stereocenters. The Balaban J connectivity index is 1.97. The topological polar surface area (TPSA) is 50.3 Å². The van der Waals surface area contributed by atoms with Gasteiger partial charge < -0.3 is 15.0 Å². The van der Waals surface area contributed by atoms with E-state index in [1.165, 1.54) is 0 Å². The van der Waals surface area contributed by atoms with E-state index in [9.17, 15) is 0 Å². The molecule has 106 valence electrons. The van der Waals surface area contributed by atoms with Crippen LogP contribution in [-0.4, -0.2) is 41.3 Å². The molecule has 2 atom stereocenters. The molecule has 0 amide bonds. The highest BCUT2D eigenvalue weighted by Gasteiger charge is 2.23. The predicted octanol–water partition coefficient (Wildman–Crippen LogP) is 1.59. The zero-order chi connectivity index (χ0) is 13.8. The summed E-state index contributed by atoms with van der Waals surface area (Å²) in [7, 11) is 0. The van der Waals surface area contributed by atoms with Crippen LogP contribution in [0.25, 0.3) is 0 Å². The van der Waals surface area contributed by atoms with Crippen LogP contribution >= 0.6 is 0 Å². The second-order valence-corrected chi connectivity index (χ2v) is 5.59. The van der Waals surface area contributed by atoms with Crippen molar-refractivity contribution in [3.8, 4) is 0 Å². The molecule has 1 aromatic rings. The summed E-state index contributed by atoms with van der Waals surface area (Å²) in [6.45, 7) is 11.0. The SMILES string of the molecule is CC(C)NCc1cnc(N2C[C@@H](C)O[C@@H](C)C2)nc1. The van der Waals surface area contributed by atoms with Crippen LogP contribution in [-0.2, 0) is 11.3 Å². The summed E-state index contributed by atoms with van der Waals surface area (Å²) in [5.74, 6) is 0.801. The second-order valence-electron chi connectivity index (χ2n) is 5.59. The number of ether oxygens (including phenoxy) is 1. The van der Waals surface area contributed by atoms with E-state index in [-0.39, 0.29) is 12.2 Å². The molecular weight excluding hydrogens is 240 g/mol. The number of hydrogen-bond acceptors (Lipinski definition) is 5. The van der Waals surface area contributed by atoms with Crippen molar-refractivity contribution in [2.75, 3.05) is 18.0 Å². The van der Waals surface area contributed by atoms with Crippen molar-refractivity contribution in [2.24, 2.45) is 0 Å². The number of morpholine rings is 1. The fourth-order valence-corrected chi connectivity index (χ4v) is 2.27. The first kappa shape index (κ1) is 14.2. The number of nitrogens with one attached hydrogen (secondary N) is 1. The Bertz CT molecular complexity index is 383. The third-order valence-corrected chi connectivity index (χ3v) is 3.11. The predicted molar refractivity (Wildman–Crippen MR) is 76.2 cm³/mol. The number of anilines is 1. The van der Waals surface area contributed by atoms with Crippen LogP contribution in [0.15, 0.2) is 12.4 Å². The normalized spacial score (nSPS) is 23.9. The standard InChI is InChI=1S/C14H24N4O/c1-10(2)15-5-13-6-16-14(17-7-13)18-8-11(3)19-12(4)9-18/h6-7,10-12,15H,5,8-9H2,1-4H3/t11-,12+. The van der Waals surface area contributed by atoms with Gasteiger partial charge in [0.2, 0.25) is 5.95 Å². The van der Waals surface area contributed by atoms with Crippen LogP contribution < -0.4 is 10.2 Å². The number of rotatable bonds is 4. The molecule has 1 saturated heterocycles. The van der Waals surface area contributed by atoms with Crippen molar-refractivity contribution < 1.29 is 4.74 Å². The maximum absolute atomic E-state index is 5.72. The highest BCUT2D eigenvalue weighted by Crippen LogP contribution is 2.16. The first-order valence-electron chi connectivity index (χ1n) is 6.99. The average molecular weight is 264 g/mol. The molecule has 0 saturated carbocycles. The first-order valence-corrected chi connectivity index (χ1v) is 6.99. The summed E-state index contributed by atoms with van der Waals surface area (Å²) < 4.78 is 5.72. The van der Waals surface area contributed by atoms with Crippen LogP contribution in [0.5, 0.6) is 0 Å². The van der Waals surface area contributed by atoms with Gasteiger partial charge in [-0.1, -0.05) is 13.8 Å². The maximum Gasteiger partial charge on any atom is 0.225 e. The second kappa shape index (κ2) is 6.30. The van der Waals surface area contributed by atoms with Crippen molar-refractivity contribution in [1.29, 1.82) is 0 Å². The lowest BCUT2D eigenvalue weighted by Gasteiger charge is -2.35. The first-order chi connectivity index (χ1) is 9.04. The fraction of sp³-hybridized carbons (Fsp3) is 0.714. The van der Waals surface area contributed by atoms with Gasteiger partial charge >= 0.3 is 0 Å². The molecule has 2 rings (SSSR count). The van der Waals surface area contributed by atoms with E-state index < -0.39 is 0 Å². The number of nitrogens with zero attached hydrogens (tertiary/aromatic N) is 3. The minimum absolute atomic E-state index is 0.231. The van der Waals surface area contributed by atoms with Crippen LogP contribution in [0.3, 0.4) is 0 Å². The summed E-state index contributed by atoms with van der Waals surface area (Å²) in [5.41, 5.74) is 1.12. The lowest BCUT2D eigenvalue weighted by molar-refractivity contribution is -0.00572. The van der Waals surface area contributed by atoms with Crippen molar-refractivity contribution >= 4 is 5.95 Å². The highest BCUT2D eigenvalue weighted by atomic mass is 16.5. The molecule has 0 spiro atoms. The number of aromatic nitrogens is 2. The Kier molecular flexibility index (Phi) is 4.71. The van der Waals surface area contributed by atoms with Crippen molar-refractivity contribution in [2.45, 2.75) is 52.5 Å². The lowest BCUT2D eigenvalue weighted by atomic mass is 10.2. The summed E-state index contributed by atoms with van der Waals surface area (Å²) in [4.78, 5) is 11.1. The molecule has 0 aliphatic carbocycles. The van der Waals surface area contributed by atoms with Gasteiger partial charge in [-0.15, -0.1) is 0 Å². The zero-order valence-electron chi connectivity index (χ0n) is 12.3. The Hall–Kier alpha value is -1.20. The van der Waals surface area contributed by atoms with Gasteiger partial charge in [-0.05, 0) is 13.8 Å². The zero-order valence-corrected chi connectivity index (χ0v) is 12.3. The summed E-state index contributed by atoms with van der Waals surface area (Å²) in [5, 5.41) is 3.36. The Labute approximate surface area is 115 Å². The molecule has 1 aliphatic heterocycles. The molecule has 0 radical (unpaired) electrons. The van der Waals surface area contributed by atoms with Crippen LogP contribution in [0, 0.1) is 0 Å². The number of hydrogen-bond donors (Lipinski definition) is 1. The quantitative estimate of drug-likeness (QED) is 0.895. The largest absolute Gasteiger partial charge is 0.372 e. The van der Waals surface area contributed by atoms with Gasteiger partial charge in [0, 0.05) is 43.6 Å². The molecule has 1 N–H and O–H groups in total. The average Bonchev–Trinajstić information content (AvgIpc) is 2.36. The molecule has 1 fully saturated rings. The molecule has 5 heteroatoms.